The van der Waals surface area contributed by atoms with Gasteiger partial charge in [-0.25, -0.2) is 9.79 Å². The van der Waals surface area contributed by atoms with Gasteiger partial charge in [0.15, 0.2) is 5.90 Å². The number of rotatable bonds is 5. The van der Waals surface area contributed by atoms with Crippen molar-refractivity contribution in [1.29, 1.82) is 5.26 Å². The predicted octanol–water partition coefficient (Wildman–Crippen LogP) is 1.29. The van der Waals surface area contributed by atoms with Gasteiger partial charge in [0.1, 0.15) is 6.07 Å². The van der Waals surface area contributed by atoms with Gasteiger partial charge in [-0.2, -0.15) is 5.26 Å². The summed E-state index contributed by atoms with van der Waals surface area (Å²) in [5, 5.41) is 8.72. The van der Waals surface area contributed by atoms with Crippen molar-refractivity contribution in [3.8, 4) is 6.07 Å². The SMILES string of the molecule is CCOC(=O)C(C#N)/N=C(\CC)OCC. The largest absolute Gasteiger partial charge is 0.481 e. The Hall–Kier alpha value is -1.57. The van der Waals surface area contributed by atoms with Crippen LogP contribution in [0.15, 0.2) is 4.99 Å². The summed E-state index contributed by atoms with van der Waals surface area (Å²) in [5.41, 5.74) is 0. The number of nitrogens with zero attached hydrogens (tertiary/aromatic N) is 2. The summed E-state index contributed by atoms with van der Waals surface area (Å²) in [6, 6.07) is 0.649. The van der Waals surface area contributed by atoms with Crippen LogP contribution in [0.2, 0.25) is 0 Å². The first-order valence-electron chi connectivity index (χ1n) is 4.95. The smallest absolute Gasteiger partial charge is 0.345 e. The fraction of sp³-hybridized carbons (Fsp3) is 0.700. The van der Waals surface area contributed by atoms with E-state index in [0.29, 0.717) is 18.9 Å². The van der Waals surface area contributed by atoms with Gasteiger partial charge in [0.2, 0.25) is 6.04 Å². The molecule has 5 heteroatoms. The van der Waals surface area contributed by atoms with Gasteiger partial charge in [-0.1, -0.05) is 6.92 Å². The van der Waals surface area contributed by atoms with Gasteiger partial charge in [-0.3, -0.25) is 0 Å². The van der Waals surface area contributed by atoms with Crippen molar-refractivity contribution in [3.05, 3.63) is 0 Å². The van der Waals surface area contributed by atoms with E-state index < -0.39 is 12.0 Å². The fourth-order valence-electron chi connectivity index (χ4n) is 0.897. The number of aliphatic imine (C=N–C) groups is 1. The molecule has 0 heterocycles. The molecule has 0 N–H and O–H groups in total. The first-order valence-corrected chi connectivity index (χ1v) is 4.95. The van der Waals surface area contributed by atoms with E-state index in [2.05, 4.69) is 4.99 Å². The molecule has 84 valence electrons. The van der Waals surface area contributed by atoms with Gasteiger partial charge in [0, 0.05) is 6.42 Å². The average molecular weight is 212 g/mol. The second-order valence-electron chi connectivity index (χ2n) is 2.59. The molecule has 0 aromatic carbocycles. The third kappa shape index (κ3) is 5.01. The van der Waals surface area contributed by atoms with Gasteiger partial charge < -0.3 is 9.47 Å². The van der Waals surface area contributed by atoms with Gasteiger partial charge in [-0.15, -0.1) is 0 Å². The topological polar surface area (TPSA) is 71.7 Å². The molecule has 0 bridgehead atoms. The molecule has 1 unspecified atom stereocenters. The van der Waals surface area contributed by atoms with Crippen molar-refractivity contribution in [2.45, 2.75) is 33.2 Å². The molecule has 0 radical (unpaired) electrons. The lowest BCUT2D eigenvalue weighted by Gasteiger charge is -2.07. The van der Waals surface area contributed by atoms with Crippen LogP contribution in [-0.4, -0.2) is 31.1 Å². The van der Waals surface area contributed by atoms with Crippen LogP contribution in [0.3, 0.4) is 0 Å². The number of carbonyl (C=O) groups is 1. The maximum Gasteiger partial charge on any atom is 0.345 e. The van der Waals surface area contributed by atoms with Crippen LogP contribution in [0.5, 0.6) is 0 Å². The summed E-state index contributed by atoms with van der Waals surface area (Å²) in [5.74, 6) is -0.234. The number of esters is 1. The third-order valence-corrected chi connectivity index (χ3v) is 1.52. The highest BCUT2D eigenvalue weighted by atomic mass is 16.5. The molecule has 0 fully saturated rings. The van der Waals surface area contributed by atoms with E-state index in [0.717, 1.165) is 0 Å². The third-order valence-electron chi connectivity index (χ3n) is 1.52. The first-order chi connectivity index (χ1) is 7.19. The summed E-state index contributed by atoms with van der Waals surface area (Å²) in [6.07, 6.45) is 0.547. The Morgan fingerprint density at radius 3 is 2.33 bits per heavy atom. The summed E-state index contributed by atoms with van der Waals surface area (Å²) in [7, 11) is 0. The highest BCUT2D eigenvalue weighted by molar-refractivity contribution is 5.84. The Morgan fingerprint density at radius 2 is 1.93 bits per heavy atom. The lowest BCUT2D eigenvalue weighted by molar-refractivity contribution is -0.143. The molecule has 0 amide bonds. The van der Waals surface area contributed by atoms with Crippen LogP contribution in [0.4, 0.5) is 0 Å². The first kappa shape index (κ1) is 13.4. The summed E-state index contributed by atoms with van der Waals surface area (Å²) in [6.45, 7) is 6.04. The minimum absolute atomic E-state index is 0.239. The molecule has 0 aromatic heterocycles. The van der Waals surface area contributed by atoms with Crippen molar-refractivity contribution in [3.63, 3.8) is 0 Å². The molecule has 0 aliphatic rings. The standard InChI is InChI=1S/C10H16N2O3/c1-4-9(14-5-2)12-8(7-11)10(13)15-6-3/h8H,4-6H2,1-3H3/b12-9+. The fourth-order valence-corrected chi connectivity index (χ4v) is 0.897. The predicted molar refractivity (Wildman–Crippen MR) is 55.4 cm³/mol. The summed E-state index contributed by atoms with van der Waals surface area (Å²) in [4.78, 5) is 15.1. The maximum atomic E-state index is 11.2. The Bertz CT molecular complexity index is 268. The Labute approximate surface area is 89.7 Å². The van der Waals surface area contributed by atoms with E-state index in [-0.39, 0.29) is 6.61 Å². The number of nitriles is 1. The van der Waals surface area contributed by atoms with Crippen molar-refractivity contribution in [1.82, 2.24) is 0 Å². The average Bonchev–Trinajstić information content (AvgIpc) is 2.24. The number of carbonyl (C=O) groups excluding carboxylic acids is 1. The second-order valence-corrected chi connectivity index (χ2v) is 2.59. The zero-order valence-corrected chi connectivity index (χ0v) is 9.32. The van der Waals surface area contributed by atoms with Gasteiger partial charge >= 0.3 is 5.97 Å². The van der Waals surface area contributed by atoms with Crippen molar-refractivity contribution in [2.24, 2.45) is 4.99 Å². The van der Waals surface area contributed by atoms with Crippen LogP contribution in [0.1, 0.15) is 27.2 Å². The molecule has 0 spiro atoms. The van der Waals surface area contributed by atoms with Crippen molar-refractivity contribution < 1.29 is 14.3 Å². The van der Waals surface area contributed by atoms with E-state index in [1.165, 1.54) is 0 Å². The van der Waals surface area contributed by atoms with E-state index in [4.69, 9.17) is 14.7 Å². The highest BCUT2D eigenvalue weighted by Gasteiger charge is 2.18. The minimum atomic E-state index is -1.12. The molecule has 5 nitrogen and oxygen atoms in total. The Morgan fingerprint density at radius 1 is 1.33 bits per heavy atom. The molecule has 15 heavy (non-hydrogen) atoms. The van der Waals surface area contributed by atoms with Crippen LogP contribution in [0.25, 0.3) is 0 Å². The van der Waals surface area contributed by atoms with Crippen LogP contribution >= 0.6 is 0 Å². The van der Waals surface area contributed by atoms with E-state index in [1.54, 1.807) is 13.0 Å². The van der Waals surface area contributed by atoms with Crippen molar-refractivity contribution >= 4 is 11.9 Å². The maximum absolute atomic E-state index is 11.2. The number of hydrogen-bond donors (Lipinski definition) is 0. The Kier molecular flexibility index (Phi) is 6.98. The molecule has 0 saturated heterocycles. The summed E-state index contributed by atoms with van der Waals surface area (Å²) < 4.78 is 9.84. The van der Waals surface area contributed by atoms with E-state index >= 15 is 0 Å². The van der Waals surface area contributed by atoms with Gasteiger partial charge in [0.05, 0.1) is 13.2 Å². The van der Waals surface area contributed by atoms with E-state index in [9.17, 15) is 4.79 Å². The Balaban J connectivity index is 4.54. The zero-order chi connectivity index (χ0) is 11.7. The lowest BCUT2D eigenvalue weighted by Crippen LogP contribution is -2.22. The molecule has 0 aromatic rings. The van der Waals surface area contributed by atoms with Crippen LogP contribution in [-0.2, 0) is 14.3 Å². The van der Waals surface area contributed by atoms with E-state index in [1.807, 2.05) is 13.8 Å². The summed E-state index contributed by atoms with van der Waals surface area (Å²) >= 11 is 0. The lowest BCUT2D eigenvalue weighted by atomic mass is 10.3. The van der Waals surface area contributed by atoms with Crippen LogP contribution in [0, 0.1) is 11.3 Å². The van der Waals surface area contributed by atoms with Gasteiger partial charge in [0.25, 0.3) is 0 Å². The zero-order valence-electron chi connectivity index (χ0n) is 9.32. The number of hydrogen-bond acceptors (Lipinski definition) is 5. The number of ether oxygens (including phenoxy) is 2. The molecule has 0 saturated carbocycles. The molecule has 0 rings (SSSR count). The van der Waals surface area contributed by atoms with Gasteiger partial charge in [-0.05, 0) is 13.8 Å². The molecule has 0 aliphatic heterocycles. The molecule has 0 aliphatic carbocycles. The minimum Gasteiger partial charge on any atom is -0.481 e. The quantitative estimate of drug-likeness (QED) is 0.391. The molecular weight excluding hydrogens is 196 g/mol. The second kappa shape index (κ2) is 7.80. The van der Waals surface area contributed by atoms with Crippen molar-refractivity contribution in [2.75, 3.05) is 13.2 Å². The normalized spacial score (nSPS) is 12.8. The molecule has 1 atom stereocenters. The molecular formula is C10H16N2O3. The monoisotopic (exact) mass is 212 g/mol. The van der Waals surface area contributed by atoms with Crippen LogP contribution < -0.4 is 0 Å². The highest BCUT2D eigenvalue weighted by Crippen LogP contribution is 1.98.